The fourth-order valence-corrected chi connectivity index (χ4v) is 1.62. The van der Waals surface area contributed by atoms with Gasteiger partial charge in [0.2, 0.25) is 0 Å². The van der Waals surface area contributed by atoms with Crippen molar-refractivity contribution >= 4 is 40.4 Å². The Morgan fingerprint density at radius 2 is 2.50 bits per heavy atom. The van der Waals surface area contributed by atoms with Crippen LogP contribution in [-0.4, -0.2) is 27.2 Å². The molecular formula is C7H8N2OS2. The monoisotopic (exact) mass is 200 g/mol. The largest absolute Gasteiger partial charge is 0.272 e. The summed E-state index contributed by atoms with van der Waals surface area (Å²) in [5.41, 5.74) is 0. The van der Waals surface area contributed by atoms with E-state index in [1.807, 2.05) is 13.0 Å². The minimum atomic E-state index is -0.0502. The van der Waals surface area contributed by atoms with Crippen LogP contribution in [0.4, 0.5) is 0 Å². The average molecular weight is 200 g/mol. The van der Waals surface area contributed by atoms with Crippen LogP contribution in [0.2, 0.25) is 0 Å². The van der Waals surface area contributed by atoms with Crippen molar-refractivity contribution in [3.05, 3.63) is 12.2 Å². The molecule has 1 aliphatic heterocycles. The molecule has 0 bridgehead atoms. The van der Waals surface area contributed by atoms with E-state index in [0.717, 1.165) is 0 Å². The molecule has 1 fully saturated rings. The Kier molecular flexibility index (Phi) is 3.43. The molecule has 0 saturated carbocycles. The number of hydrogen-bond donors (Lipinski definition) is 0. The zero-order valence-corrected chi connectivity index (χ0v) is 8.19. The van der Waals surface area contributed by atoms with Crippen molar-refractivity contribution in [3.8, 4) is 0 Å². The van der Waals surface area contributed by atoms with Gasteiger partial charge in [-0.05, 0) is 13.0 Å². The molecule has 3 nitrogen and oxygen atoms in total. The Hall–Kier alpha value is -0.680. The molecule has 0 radical (unpaired) electrons. The van der Waals surface area contributed by atoms with Gasteiger partial charge in [-0.1, -0.05) is 30.1 Å². The molecule has 12 heavy (non-hydrogen) atoms. The van der Waals surface area contributed by atoms with E-state index >= 15 is 0 Å². The third kappa shape index (κ3) is 2.15. The van der Waals surface area contributed by atoms with E-state index in [-0.39, 0.29) is 5.91 Å². The number of carbonyl (C=O) groups is 1. The maximum atomic E-state index is 11.1. The summed E-state index contributed by atoms with van der Waals surface area (Å²) < 4.78 is 0.528. The summed E-state index contributed by atoms with van der Waals surface area (Å²) in [6.07, 6.45) is 5.13. The third-order valence-corrected chi connectivity index (χ3v) is 2.53. The van der Waals surface area contributed by atoms with Crippen molar-refractivity contribution in [2.45, 2.75) is 6.92 Å². The zero-order chi connectivity index (χ0) is 8.97. The maximum Gasteiger partial charge on any atom is 0.259 e. The van der Waals surface area contributed by atoms with E-state index < -0.39 is 0 Å². The number of amides is 1. The van der Waals surface area contributed by atoms with Gasteiger partial charge >= 0.3 is 0 Å². The first-order valence-corrected chi connectivity index (χ1v) is 4.80. The lowest BCUT2D eigenvalue weighted by atomic mass is 10.6. The Morgan fingerprint density at radius 3 is 3.00 bits per heavy atom. The first kappa shape index (κ1) is 9.41. The molecule has 64 valence electrons. The normalized spacial score (nSPS) is 18.9. The Labute approximate surface area is 80.5 Å². The molecule has 5 heteroatoms. The molecule has 0 unspecified atom stereocenters. The van der Waals surface area contributed by atoms with Crippen LogP contribution in [0.5, 0.6) is 0 Å². The molecule has 0 aliphatic carbocycles. The molecule has 0 N–H and O–H groups in total. The number of nitrogens with zero attached hydrogens (tertiary/aromatic N) is 2. The van der Waals surface area contributed by atoms with Crippen LogP contribution in [-0.2, 0) is 4.79 Å². The topological polar surface area (TPSA) is 32.7 Å². The minimum Gasteiger partial charge on any atom is -0.272 e. The van der Waals surface area contributed by atoms with Gasteiger partial charge < -0.3 is 0 Å². The van der Waals surface area contributed by atoms with Crippen LogP contribution in [0.25, 0.3) is 0 Å². The molecular weight excluding hydrogens is 192 g/mol. The van der Waals surface area contributed by atoms with Crippen LogP contribution in [0.15, 0.2) is 17.3 Å². The van der Waals surface area contributed by atoms with Gasteiger partial charge in [0, 0.05) is 6.21 Å². The number of hydrogen-bond acceptors (Lipinski definition) is 4. The summed E-state index contributed by atoms with van der Waals surface area (Å²) in [7, 11) is 0. The highest BCUT2D eigenvalue weighted by atomic mass is 32.2. The molecule has 1 amide bonds. The lowest BCUT2D eigenvalue weighted by molar-refractivity contribution is -0.123. The molecule has 1 saturated heterocycles. The molecule has 0 spiro atoms. The molecule has 1 aliphatic rings. The number of allylic oxidation sites excluding steroid dienone is 2. The van der Waals surface area contributed by atoms with Gasteiger partial charge in [-0.2, -0.15) is 10.1 Å². The Bertz CT molecular complexity index is 244. The summed E-state index contributed by atoms with van der Waals surface area (Å²) in [6.45, 7) is 1.88. The Morgan fingerprint density at radius 1 is 1.75 bits per heavy atom. The standard InChI is InChI=1S/C7H8N2OS2/c1-2-3-4-8-9-6(10)5-12-7(9)11/h2-4H,5H2,1H3. The fraction of sp³-hybridized carbons (Fsp3) is 0.286. The molecule has 0 aromatic rings. The molecule has 1 rings (SSSR count). The summed E-state index contributed by atoms with van der Waals surface area (Å²) in [6, 6.07) is 0. The van der Waals surface area contributed by atoms with Crippen molar-refractivity contribution in [1.29, 1.82) is 0 Å². The van der Waals surface area contributed by atoms with Gasteiger partial charge in [-0.3, -0.25) is 4.79 Å². The lowest BCUT2D eigenvalue weighted by Gasteiger charge is -2.04. The van der Waals surface area contributed by atoms with Gasteiger partial charge in [0.15, 0.2) is 4.32 Å². The van der Waals surface area contributed by atoms with Crippen LogP contribution < -0.4 is 0 Å². The molecule has 0 aromatic heterocycles. The van der Waals surface area contributed by atoms with Crippen molar-refractivity contribution in [3.63, 3.8) is 0 Å². The van der Waals surface area contributed by atoms with Gasteiger partial charge in [0.05, 0.1) is 5.75 Å². The maximum absolute atomic E-state index is 11.1. The number of thiocarbonyl (C=S) groups is 1. The highest BCUT2D eigenvalue weighted by Crippen LogP contribution is 2.18. The number of carbonyl (C=O) groups excluding carboxylic acids is 1. The van der Waals surface area contributed by atoms with E-state index in [9.17, 15) is 4.79 Å². The van der Waals surface area contributed by atoms with Crippen molar-refractivity contribution in [2.24, 2.45) is 5.10 Å². The van der Waals surface area contributed by atoms with E-state index in [2.05, 4.69) is 5.10 Å². The second-order valence-corrected chi connectivity index (χ2v) is 3.66. The SMILES string of the molecule is CC=CC=NN1C(=O)CSC1=S. The predicted octanol–water partition coefficient (Wildman–Crippen LogP) is 1.41. The van der Waals surface area contributed by atoms with E-state index in [4.69, 9.17) is 12.2 Å². The number of hydrazone groups is 1. The smallest absolute Gasteiger partial charge is 0.259 e. The molecule has 0 atom stereocenters. The molecule has 1 heterocycles. The van der Waals surface area contributed by atoms with Crippen molar-refractivity contribution in [1.82, 2.24) is 5.01 Å². The second kappa shape index (κ2) is 4.37. The van der Waals surface area contributed by atoms with E-state index in [1.54, 1.807) is 12.3 Å². The Balaban J connectivity index is 2.61. The van der Waals surface area contributed by atoms with Crippen molar-refractivity contribution in [2.75, 3.05) is 5.75 Å². The van der Waals surface area contributed by atoms with Crippen LogP contribution in [0.3, 0.4) is 0 Å². The quantitative estimate of drug-likeness (QED) is 0.499. The number of thioether (sulfide) groups is 1. The fourth-order valence-electron chi connectivity index (χ4n) is 0.650. The first-order valence-electron chi connectivity index (χ1n) is 3.40. The van der Waals surface area contributed by atoms with Crippen LogP contribution in [0.1, 0.15) is 6.92 Å². The third-order valence-electron chi connectivity index (χ3n) is 1.19. The van der Waals surface area contributed by atoms with Gasteiger partial charge in [-0.25, -0.2) is 0 Å². The minimum absolute atomic E-state index is 0.0502. The summed E-state index contributed by atoms with van der Waals surface area (Å²) in [5.74, 6) is 0.359. The molecule has 0 aromatic carbocycles. The first-order chi connectivity index (χ1) is 5.75. The van der Waals surface area contributed by atoms with Gasteiger partial charge in [-0.15, -0.1) is 0 Å². The zero-order valence-electron chi connectivity index (χ0n) is 6.56. The summed E-state index contributed by atoms with van der Waals surface area (Å²) in [5, 5.41) is 5.13. The van der Waals surface area contributed by atoms with Crippen LogP contribution in [0, 0.1) is 0 Å². The van der Waals surface area contributed by atoms with E-state index in [0.29, 0.717) is 10.1 Å². The lowest BCUT2D eigenvalue weighted by Crippen LogP contribution is -2.22. The average Bonchev–Trinajstić information content (AvgIpc) is 2.35. The number of rotatable bonds is 2. The predicted molar refractivity (Wildman–Crippen MR) is 55.2 cm³/mol. The highest BCUT2D eigenvalue weighted by Gasteiger charge is 2.25. The summed E-state index contributed by atoms with van der Waals surface area (Å²) in [4.78, 5) is 11.1. The van der Waals surface area contributed by atoms with Crippen LogP contribution >= 0.6 is 24.0 Å². The van der Waals surface area contributed by atoms with E-state index in [1.165, 1.54) is 16.8 Å². The second-order valence-electron chi connectivity index (χ2n) is 2.05. The van der Waals surface area contributed by atoms with Gasteiger partial charge in [0.1, 0.15) is 0 Å². The summed E-state index contributed by atoms with van der Waals surface area (Å²) >= 11 is 6.24. The van der Waals surface area contributed by atoms with Gasteiger partial charge in [0.25, 0.3) is 5.91 Å². The highest BCUT2D eigenvalue weighted by molar-refractivity contribution is 8.23. The van der Waals surface area contributed by atoms with Crippen molar-refractivity contribution < 1.29 is 4.79 Å².